The van der Waals surface area contributed by atoms with Crippen molar-refractivity contribution in [1.29, 1.82) is 0 Å². The Bertz CT molecular complexity index is 38.5. The number of hydrogen-bond donors (Lipinski definition) is 0. The van der Waals surface area contributed by atoms with E-state index in [4.69, 9.17) is 34.8 Å². The summed E-state index contributed by atoms with van der Waals surface area (Å²) in [6.45, 7) is -0.683. The molecule has 37 valence electrons. The minimum Gasteiger partial charge on any atom is -0.232 e. The van der Waals surface area contributed by atoms with E-state index in [-0.39, 0.29) is 0 Å². The quantitative estimate of drug-likeness (QED) is 0.467. The van der Waals surface area contributed by atoms with Gasteiger partial charge in [0, 0.05) is 0 Å². The van der Waals surface area contributed by atoms with Gasteiger partial charge in [0.1, 0.15) is 6.61 Å². The molecule has 0 aliphatic heterocycles. The van der Waals surface area contributed by atoms with Gasteiger partial charge in [0.05, 0.1) is 0 Å². The molecule has 0 spiro atoms. The lowest BCUT2D eigenvalue weighted by molar-refractivity contribution is 0.200. The van der Waals surface area contributed by atoms with E-state index in [9.17, 15) is 5.11 Å². The first-order valence-electron chi connectivity index (χ1n) is 1.21. The standard InChI is InChI=1S/C2H2Cl3O/c3-2(4,5)1-6/h1H2. The summed E-state index contributed by atoms with van der Waals surface area (Å²) < 4.78 is -1.60. The summed E-state index contributed by atoms with van der Waals surface area (Å²) in [6, 6.07) is 0. The Morgan fingerprint density at radius 2 is 1.50 bits per heavy atom. The Morgan fingerprint density at radius 3 is 1.50 bits per heavy atom. The van der Waals surface area contributed by atoms with Gasteiger partial charge in [0.2, 0.25) is 3.79 Å². The van der Waals surface area contributed by atoms with Crippen LogP contribution in [-0.2, 0) is 5.11 Å². The number of alkyl halides is 3. The monoisotopic (exact) mass is 147 g/mol. The van der Waals surface area contributed by atoms with Crippen LogP contribution in [0.5, 0.6) is 0 Å². The molecule has 0 rings (SSSR count). The molecule has 0 aromatic rings. The minimum atomic E-state index is -1.60. The van der Waals surface area contributed by atoms with Gasteiger partial charge in [0.15, 0.2) is 0 Å². The van der Waals surface area contributed by atoms with Crippen molar-refractivity contribution in [2.75, 3.05) is 6.61 Å². The van der Waals surface area contributed by atoms with Crippen LogP contribution in [0.25, 0.3) is 0 Å². The number of rotatable bonds is 0. The zero-order chi connectivity index (χ0) is 5.21. The summed E-state index contributed by atoms with van der Waals surface area (Å²) in [7, 11) is 0. The van der Waals surface area contributed by atoms with Crippen LogP contribution in [0.15, 0.2) is 0 Å². The summed E-state index contributed by atoms with van der Waals surface area (Å²) in [5.74, 6) is 0. The zero-order valence-corrected chi connectivity index (χ0v) is 5.02. The normalized spacial score (nSPS) is 12.0. The molecular formula is C2H2Cl3O. The van der Waals surface area contributed by atoms with Crippen LogP contribution in [0, 0.1) is 0 Å². The van der Waals surface area contributed by atoms with Crippen LogP contribution in [-0.4, -0.2) is 10.4 Å². The Hall–Kier alpha value is 0.830. The van der Waals surface area contributed by atoms with Gasteiger partial charge in [-0.1, -0.05) is 34.8 Å². The van der Waals surface area contributed by atoms with Crippen molar-refractivity contribution in [3.8, 4) is 0 Å². The van der Waals surface area contributed by atoms with E-state index >= 15 is 0 Å². The molecule has 1 nitrogen and oxygen atoms in total. The highest BCUT2D eigenvalue weighted by Gasteiger charge is 2.17. The molecule has 0 atom stereocenters. The van der Waals surface area contributed by atoms with E-state index < -0.39 is 10.4 Å². The number of halogens is 3. The van der Waals surface area contributed by atoms with Gasteiger partial charge in [-0.3, -0.25) is 0 Å². The first kappa shape index (κ1) is 6.83. The molecule has 6 heavy (non-hydrogen) atoms. The summed E-state index contributed by atoms with van der Waals surface area (Å²) in [6.07, 6.45) is 0. The Morgan fingerprint density at radius 1 is 1.33 bits per heavy atom. The molecule has 0 heterocycles. The molecule has 0 saturated heterocycles. The van der Waals surface area contributed by atoms with Gasteiger partial charge >= 0.3 is 0 Å². The SMILES string of the molecule is [O]CC(Cl)(Cl)Cl. The van der Waals surface area contributed by atoms with Crippen molar-refractivity contribution in [3.05, 3.63) is 0 Å². The van der Waals surface area contributed by atoms with E-state index in [0.29, 0.717) is 0 Å². The van der Waals surface area contributed by atoms with E-state index in [2.05, 4.69) is 0 Å². The molecule has 0 fully saturated rings. The van der Waals surface area contributed by atoms with E-state index in [1.54, 1.807) is 0 Å². The third kappa shape index (κ3) is 4.83. The molecule has 0 unspecified atom stereocenters. The third-order valence-corrected chi connectivity index (χ3v) is 0.491. The Labute approximate surface area is 50.8 Å². The van der Waals surface area contributed by atoms with Crippen molar-refractivity contribution >= 4 is 34.8 Å². The first-order chi connectivity index (χ1) is 2.56. The van der Waals surface area contributed by atoms with Crippen LogP contribution in [0.1, 0.15) is 0 Å². The average Bonchev–Trinajstić information content (AvgIpc) is 1.35. The second-order valence-electron chi connectivity index (χ2n) is 0.760. The predicted molar refractivity (Wildman–Crippen MR) is 25.8 cm³/mol. The fourth-order valence-electron chi connectivity index (χ4n) is 0. The molecule has 0 bridgehead atoms. The second-order valence-corrected chi connectivity index (χ2v) is 3.28. The Balaban J connectivity index is 3.17. The molecule has 0 N–H and O–H groups in total. The van der Waals surface area contributed by atoms with Gasteiger partial charge in [0.25, 0.3) is 0 Å². The maximum absolute atomic E-state index is 9.56. The predicted octanol–water partition coefficient (Wildman–Crippen LogP) is 1.79. The third-order valence-electron chi connectivity index (χ3n) is 0.164. The largest absolute Gasteiger partial charge is 0.232 e. The smallest absolute Gasteiger partial charge is 0.216 e. The van der Waals surface area contributed by atoms with E-state index in [0.717, 1.165) is 0 Å². The van der Waals surface area contributed by atoms with Crippen molar-refractivity contribution < 1.29 is 5.11 Å². The lowest BCUT2D eigenvalue weighted by atomic mass is 10.9. The average molecular weight is 148 g/mol. The van der Waals surface area contributed by atoms with Gasteiger partial charge in [-0.25, -0.2) is 5.11 Å². The molecule has 4 heteroatoms. The summed E-state index contributed by atoms with van der Waals surface area (Å²) in [5, 5.41) is 9.56. The van der Waals surface area contributed by atoms with Gasteiger partial charge in [-0.15, -0.1) is 0 Å². The van der Waals surface area contributed by atoms with Crippen molar-refractivity contribution in [2.24, 2.45) is 0 Å². The molecular weight excluding hydrogens is 146 g/mol. The Kier molecular flexibility index (Phi) is 2.53. The van der Waals surface area contributed by atoms with E-state index in [1.165, 1.54) is 0 Å². The minimum absolute atomic E-state index is 0.683. The molecule has 0 amide bonds. The molecule has 1 radical (unpaired) electrons. The van der Waals surface area contributed by atoms with E-state index in [1.807, 2.05) is 0 Å². The van der Waals surface area contributed by atoms with Gasteiger partial charge < -0.3 is 0 Å². The van der Waals surface area contributed by atoms with Crippen LogP contribution < -0.4 is 0 Å². The fourth-order valence-corrected chi connectivity index (χ4v) is 0. The maximum Gasteiger partial charge on any atom is 0.216 e. The summed E-state index contributed by atoms with van der Waals surface area (Å²) in [5.41, 5.74) is 0. The maximum atomic E-state index is 9.56. The van der Waals surface area contributed by atoms with Crippen LogP contribution in [0.2, 0.25) is 0 Å². The fraction of sp³-hybridized carbons (Fsp3) is 1.00. The van der Waals surface area contributed by atoms with Crippen LogP contribution in [0.4, 0.5) is 0 Å². The lowest BCUT2D eigenvalue weighted by Crippen LogP contribution is -2.05. The highest BCUT2D eigenvalue weighted by molar-refractivity contribution is 6.67. The molecule has 0 aliphatic carbocycles. The van der Waals surface area contributed by atoms with Crippen LogP contribution >= 0.6 is 34.8 Å². The highest BCUT2D eigenvalue weighted by atomic mass is 35.6. The van der Waals surface area contributed by atoms with Gasteiger partial charge in [-0.2, -0.15) is 0 Å². The summed E-state index contributed by atoms with van der Waals surface area (Å²) >= 11 is 14.8. The summed E-state index contributed by atoms with van der Waals surface area (Å²) in [4.78, 5) is 0. The first-order valence-corrected chi connectivity index (χ1v) is 2.34. The van der Waals surface area contributed by atoms with Gasteiger partial charge in [-0.05, 0) is 0 Å². The van der Waals surface area contributed by atoms with Crippen molar-refractivity contribution in [3.63, 3.8) is 0 Å². The molecule has 0 aliphatic rings. The number of hydrogen-bond acceptors (Lipinski definition) is 0. The lowest BCUT2D eigenvalue weighted by Gasteiger charge is -1.99. The molecule has 0 saturated carbocycles. The molecule has 0 aromatic heterocycles. The topological polar surface area (TPSA) is 19.9 Å². The van der Waals surface area contributed by atoms with Crippen LogP contribution in [0.3, 0.4) is 0 Å². The highest BCUT2D eigenvalue weighted by Crippen LogP contribution is 2.24. The van der Waals surface area contributed by atoms with Crippen molar-refractivity contribution in [2.45, 2.75) is 3.79 Å². The zero-order valence-electron chi connectivity index (χ0n) is 2.75. The second kappa shape index (κ2) is 2.22. The molecule has 0 aromatic carbocycles. The van der Waals surface area contributed by atoms with Crippen molar-refractivity contribution in [1.82, 2.24) is 0 Å².